The summed E-state index contributed by atoms with van der Waals surface area (Å²) in [5, 5.41) is 36.9. The van der Waals surface area contributed by atoms with Crippen LogP contribution in [0.5, 0.6) is 0 Å². The van der Waals surface area contributed by atoms with E-state index in [0.29, 0.717) is 22.3 Å². The van der Waals surface area contributed by atoms with Gasteiger partial charge in [0.05, 0.1) is 89.5 Å². The van der Waals surface area contributed by atoms with Crippen LogP contribution in [0.2, 0.25) is 0 Å². The zero-order valence-electron chi connectivity index (χ0n) is 50.4. The molecule has 0 atom stereocenters. The van der Waals surface area contributed by atoms with Gasteiger partial charge in [-0.25, -0.2) is 0 Å². The molecule has 0 aliphatic carbocycles. The van der Waals surface area contributed by atoms with Crippen molar-refractivity contribution in [3.8, 4) is 57.4 Å². The molecule has 434 valence electrons. The minimum atomic E-state index is 0.456. The van der Waals surface area contributed by atoms with Crippen LogP contribution in [-0.4, -0.2) is 27.4 Å². The molecule has 20 rings (SSSR count). The highest BCUT2D eigenvalue weighted by molar-refractivity contribution is 6.16. The Kier molecular flexibility index (Phi) is 10.8. The maximum atomic E-state index is 11.5. The Morgan fingerprint density at radius 3 is 0.553 bits per heavy atom. The number of hydrogen-bond donors (Lipinski definition) is 0. The van der Waals surface area contributed by atoms with Crippen LogP contribution in [0.3, 0.4) is 0 Å². The summed E-state index contributed by atoms with van der Waals surface area (Å²) in [5.74, 6) is 0. The standard InChI is InChI=1S/C86H50N8/c87-51-53-45-55(93-83-47-57(89-75-25-9-1-17-63(75)64-18-2-10-26-76(64)89)35-41-71(83)72-42-36-58(48-84(72)93)90-77-27-11-3-19-65(77)66-20-4-12-28-78(66)90)33-39-61(53)62-40-34-56(46-54(62)52-88)94-85-49-59(91-79-29-13-5-21-67(79)68-22-6-14-30-80(68)91)37-43-73(85)74-44-38-60(50-86(74)94)92-81-31-15-7-23-69(81)70-24-8-16-32-82(70)92/h1-50H. The van der Waals surface area contributed by atoms with Crippen LogP contribution in [0.15, 0.2) is 303 Å². The molecule has 8 nitrogen and oxygen atoms in total. The number of fused-ring (bicyclic) bond motifs is 18. The Labute approximate surface area is 537 Å². The number of hydrogen-bond acceptors (Lipinski definition) is 2. The highest BCUT2D eigenvalue weighted by Gasteiger charge is 2.24. The predicted molar refractivity (Wildman–Crippen MR) is 387 cm³/mol. The van der Waals surface area contributed by atoms with Gasteiger partial charge in [0.15, 0.2) is 0 Å². The lowest BCUT2D eigenvalue weighted by molar-refractivity contribution is 1.14. The van der Waals surface area contributed by atoms with E-state index < -0.39 is 0 Å². The first-order valence-corrected chi connectivity index (χ1v) is 31.8. The largest absolute Gasteiger partial charge is 0.309 e. The molecule has 0 aliphatic heterocycles. The van der Waals surface area contributed by atoms with Gasteiger partial charge in [-0.2, -0.15) is 10.5 Å². The highest BCUT2D eigenvalue weighted by Crippen LogP contribution is 2.44. The second-order valence-electron chi connectivity index (χ2n) is 24.6. The van der Waals surface area contributed by atoms with Crippen molar-refractivity contribution in [1.82, 2.24) is 27.4 Å². The van der Waals surface area contributed by atoms with Crippen molar-refractivity contribution in [3.05, 3.63) is 314 Å². The van der Waals surface area contributed by atoms with Gasteiger partial charge < -0.3 is 27.4 Å². The summed E-state index contributed by atoms with van der Waals surface area (Å²) in [6.45, 7) is 0. The summed E-state index contributed by atoms with van der Waals surface area (Å²) in [6, 6.07) is 114. The maximum Gasteiger partial charge on any atom is 0.0998 e. The molecule has 0 spiro atoms. The monoisotopic (exact) mass is 1190 g/mol. The molecule has 0 saturated carbocycles. The molecule has 0 fully saturated rings. The van der Waals surface area contributed by atoms with Gasteiger partial charge in [-0.1, -0.05) is 182 Å². The molecule has 14 aromatic carbocycles. The van der Waals surface area contributed by atoms with Crippen LogP contribution in [0, 0.1) is 22.7 Å². The van der Waals surface area contributed by atoms with Crippen molar-refractivity contribution in [2.75, 3.05) is 0 Å². The Hall–Kier alpha value is -13.1. The van der Waals surface area contributed by atoms with Gasteiger partial charge in [-0.3, -0.25) is 0 Å². The fourth-order valence-corrected chi connectivity index (χ4v) is 15.9. The Bertz CT molecular complexity index is 5810. The predicted octanol–water partition coefficient (Wildman–Crippen LogP) is 21.7. The van der Waals surface area contributed by atoms with E-state index in [9.17, 15) is 10.5 Å². The average molecular weight is 1200 g/mol. The van der Waals surface area contributed by atoms with E-state index in [0.717, 1.165) is 122 Å². The van der Waals surface area contributed by atoms with E-state index in [4.69, 9.17) is 0 Å². The van der Waals surface area contributed by atoms with Gasteiger partial charge >= 0.3 is 0 Å². The SMILES string of the molecule is N#Cc1cc(-n2c3cc(-n4c5ccccc5c5ccccc54)ccc3c3ccc(-n4c5ccccc5c5ccccc54)cc32)ccc1-c1ccc(-n2c3cc(-n4c5ccccc5c5ccccc54)ccc3c3ccc(-n4c5ccccc5c5ccccc54)cc32)cc1C#N. The summed E-state index contributed by atoms with van der Waals surface area (Å²) in [7, 11) is 0. The summed E-state index contributed by atoms with van der Waals surface area (Å²) in [6.07, 6.45) is 0. The van der Waals surface area contributed by atoms with Gasteiger partial charge in [-0.05, 0) is 121 Å². The van der Waals surface area contributed by atoms with Gasteiger partial charge in [0, 0.05) is 110 Å². The van der Waals surface area contributed by atoms with Crippen LogP contribution >= 0.6 is 0 Å². The lowest BCUT2D eigenvalue weighted by Crippen LogP contribution is -2.00. The molecule has 6 aromatic heterocycles. The van der Waals surface area contributed by atoms with Crippen molar-refractivity contribution in [2.45, 2.75) is 0 Å². The number of nitriles is 2. The average Bonchev–Trinajstić information content (AvgIpc) is 1.64. The molecule has 0 saturated heterocycles. The van der Waals surface area contributed by atoms with Crippen molar-refractivity contribution in [1.29, 1.82) is 10.5 Å². The fourth-order valence-electron chi connectivity index (χ4n) is 15.9. The molecule has 0 aliphatic rings. The summed E-state index contributed by atoms with van der Waals surface area (Å²) in [4.78, 5) is 0. The molecular formula is C86H50N8. The molecule has 0 bridgehead atoms. The van der Waals surface area contributed by atoms with Crippen LogP contribution in [0.25, 0.3) is 176 Å². The second-order valence-corrected chi connectivity index (χ2v) is 24.6. The van der Waals surface area contributed by atoms with E-state index in [-0.39, 0.29) is 0 Å². The van der Waals surface area contributed by atoms with Crippen LogP contribution < -0.4 is 0 Å². The van der Waals surface area contributed by atoms with Gasteiger partial charge in [0.25, 0.3) is 0 Å². The Morgan fingerprint density at radius 2 is 0.340 bits per heavy atom. The van der Waals surface area contributed by atoms with E-state index in [1.807, 2.05) is 24.3 Å². The number of para-hydroxylation sites is 8. The number of rotatable bonds is 7. The third kappa shape index (κ3) is 7.25. The number of benzene rings is 14. The highest BCUT2D eigenvalue weighted by atomic mass is 15.0. The molecule has 0 radical (unpaired) electrons. The molecule has 0 N–H and O–H groups in total. The number of nitrogens with zero attached hydrogens (tertiary/aromatic N) is 8. The zero-order chi connectivity index (χ0) is 61.9. The lowest BCUT2D eigenvalue weighted by Gasteiger charge is -2.15. The molecule has 8 heteroatoms. The van der Waals surface area contributed by atoms with Gasteiger partial charge in [-0.15, -0.1) is 0 Å². The first-order valence-electron chi connectivity index (χ1n) is 31.8. The Balaban J connectivity index is 0.785. The van der Waals surface area contributed by atoms with Crippen molar-refractivity contribution < 1.29 is 0 Å². The van der Waals surface area contributed by atoms with E-state index in [2.05, 4.69) is 319 Å². The van der Waals surface area contributed by atoms with Crippen molar-refractivity contribution in [2.24, 2.45) is 0 Å². The van der Waals surface area contributed by atoms with Crippen LogP contribution in [-0.2, 0) is 0 Å². The topological polar surface area (TPSA) is 77.2 Å². The third-order valence-electron chi connectivity index (χ3n) is 19.9. The molecule has 6 heterocycles. The van der Waals surface area contributed by atoms with E-state index in [1.54, 1.807) is 0 Å². The summed E-state index contributed by atoms with van der Waals surface area (Å²) in [5.41, 5.74) is 21.1. The first-order chi connectivity index (χ1) is 46.6. The normalized spacial score (nSPS) is 12.0. The lowest BCUT2D eigenvalue weighted by atomic mass is 9.95. The minimum Gasteiger partial charge on any atom is -0.309 e. The fraction of sp³-hybridized carbons (Fsp3) is 0. The minimum absolute atomic E-state index is 0.456. The molecule has 20 aromatic rings. The van der Waals surface area contributed by atoms with Gasteiger partial charge in [0.2, 0.25) is 0 Å². The molecule has 0 unspecified atom stereocenters. The summed E-state index contributed by atoms with van der Waals surface area (Å²) < 4.78 is 14.1. The van der Waals surface area contributed by atoms with E-state index in [1.165, 1.54) is 43.1 Å². The zero-order valence-corrected chi connectivity index (χ0v) is 50.4. The van der Waals surface area contributed by atoms with Crippen LogP contribution in [0.4, 0.5) is 0 Å². The quantitative estimate of drug-likeness (QED) is 0.159. The second kappa shape index (κ2) is 19.7. The van der Waals surface area contributed by atoms with E-state index >= 15 is 0 Å². The molecular weight excluding hydrogens is 1150 g/mol. The summed E-state index contributed by atoms with van der Waals surface area (Å²) >= 11 is 0. The van der Waals surface area contributed by atoms with Crippen molar-refractivity contribution >= 4 is 131 Å². The molecule has 0 amide bonds. The smallest absolute Gasteiger partial charge is 0.0998 e. The maximum absolute atomic E-state index is 11.5. The number of aromatic nitrogens is 6. The van der Waals surface area contributed by atoms with Gasteiger partial charge in [0.1, 0.15) is 0 Å². The Morgan fingerprint density at radius 1 is 0.170 bits per heavy atom. The first kappa shape index (κ1) is 51.7. The van der Waals surface area contributed by atoms with Crippen molar-refractivity contribution in [3.63, 3.8) is 0 Å². The van der Waals surface area contributed by atoms with Crippen LogP contribution in [0.1, 0.15) is 11.1 Å². The third-order valence-corrected chi connectivity index (χ3v) is 19.9. The molecule has 94 heavy (non-hydrogen) atoms.